The highest BCUT2D eigenvalue weighted by Gasteiger charge is 2.41. The van der Waals surface area contributed by atoms with Crippen molar-refractivity contribution in [1.82, 2.24) is 10.6 Å². The van der Waals surface area contributed by atoms with Gasteiger partial charge in [-0.2, -0.15) is 0 Å². The van der Waals surface area contributed by atoms with Gasteiger partial charge in [0.2, 0.25) is 0 Å². The van der Waals surface area contributed by atoms with Crippen LogP contribution in [0.15, 0.2) is 0 Å². The normalized spacial score (nSPS) is 31.0. The van der Waals surface area contributed by atoms with Crippen molar-refractivity contribution in [2.24, 2.45) is 17.8 Å². The Balaban J connectivity index is 1.67. The van der Waals surface area contributed by atoms with Crippen LogP contribution in [0.5, 0.6) is 0 Å². The van der Waals surface area contributed by atoms with Gasteiger partial charge in [0.25, 0.3) is 0 Å². The molecule has 2 N–H and O–H groups in total. The average Bonchev–Trinajstić information content (AvgIpc) is 2.96. The number of carbonyl (C=O) groups excluding carboxylic acids is 1. The number of rotatable bonds is 5. The number of nitrogens with one attached hydrogen (secondary N) is 2. The van der Waals surface area contributed by atoms with Gasteiger partial charge < -0.3 is 15.4 Å². The number of fused-ring (bicyclic) bond motifs is 2. The smallest absolute Gasteiger partial charge is 0.407 e. The van der Waals surface area contributed by atoms with Crippen LogP contribution in [0.2, 0.25) is 0 Å². The summed E-state index contributed by atoms with van der Waals surface area (Å²) in [4.78, 5) is 11.6. The number of ether oxygens (including phenoxy) is 1. The lowest BCUT2D eigenvalue weighted by atomic mass is 9.84. The summed E-state index contributed by atoms with van der Waals surface area (Å²) in [5, 5.41) is 6.50. The maximum Gasteiger partial charge on any atom is 0.407 e. The maximum atomic E-state index is 11.6. The predicted molar refractivity (Wildman–Crippen MR) is 85.2 cm³/mol. The molecule has 5 unspecified atom stereocenters. The summed E-state index contributed by atoms with van der Waals surface area (Å²) >= 11 is 0. The molecular formula is C17H32N2O2. The fourth-order valence-corrected chi connectivity index (χ4v) is 4.09. The second kappa shape index (κ2) is 6.55. The van der Waals surface area contributed by atoms with Gasteiger partial charge in [-0.1, -0.05) is 6.42 Å². The van der Waals surface area contributed by atoms with E-state index in [1.54, 1.807) is 0 Å². The Labute approximate surface area is 129 Å². The minimum absolute atomic E-state index is 0.270. The summed E-state index contributed by atoms with van der Waals surface area (Å²) < 4.78 is 5.26. The van der Waals surface area contributed by atoms with Gasteiger partial charge >= 0.3 is 6.09 Å². The molecule has 4 heteroatoms. The number of amides is 1. The van der Waals surface area contributed by atoms with Gasteiger partial charge in [-0.05, 0) is 71.6 Å². The molecule has 5 atom stereocenters. The zero-order valence-electron chi connectivity index (χ0n) is 14.2. The molecule has 2 saturated carbocycles. The van der Waals surface area contributed by atoms with Crippen LogP contribution in [0.25, 0.3) is 0 Å². The number of carbonyl (C=O) groups is 1. The molecule has 2 aliphatic carbocycles. The molecule has 0 saturated heterocycles. The maximum absolute atomic E-state index is 11.6. The van der Waals surface area contributed by atoms with Gasteiger partial charge in [-0.3, -0.25) is 0 Å². The second-order valence-electron chi connectivity index (χ2n) is 8.08. The third kappa shape index (κ3) is 4.87. The molecule has 2 rings (SSSR count). The Kier molecular flexibility index (Phi) is 5.18. The van der Waals surface area contributed by atoms with Crippen molar-refractivity contribution in [3.05, 3.63) is 0 Å². The van der Waals surface area contributed by atoms with Gasteiger partial charge in [0.1, 0.15) is 5.60 Å². The van der Waals surface area contributed by atoms with E-state index in [1.807, 2.05) is 20.8 Å². The molecule has 0 spiro atoms. The van der Waals surface area contributed by atoms with E-state index in [1.165, 1.54) is 25.7 Å². The average molecular weight is 296 g/mol. The van der Waals surface area contributed by atoms with E-state index < -0.39 is 5.60 Å². The molecule has 0 aromatic heterocycles. The first kappa shape index (κ1) is 16.6. The standard InChI is InChI=1S/C17H32N2O2/c1-11(10-18-16(20)21-17(3,4)5)19-12(2)15-9-13-6-7-14(15)8-13/h11-15,19H,6-10H2,1-5H3,(H,18,20). The molecular weight excluding hydrogens is 264 g/mol. The van der Waals surface area contributed by atoms with E-state index in [4.69, 9.17) is 4.74 Å². The van der Waals surface area contributed by atoms with Gasteiger partial charge in [-0.25, -0.2) is 4.79 Å². The van der Waals surface area contributed by atoms with E-state index >= 15 is 0 Å². The molecule has 2 fully saturated rings. The van der Waals surface area contributed by atoms with Crippen molar-refractivity contribution < 1.29 is 9.53 Å². The minimum atomic E-state index is -0.433. The lowest BCUT2D eigenvalue weighted by molar-refractivity contribution is 0.0521. The number of hydrogen-bond donors (Lipinski definition) is 2. The molecule has 2 aliphatic rings. The Morgan fingerprint density at radius 1 is 1.24 bits per heavy atom. The van der Waals surface area contributed by atoms with E-state index in [-0.39, 0.29) is 12.1 Å². The zero-order valence-corrected chi connectivity index (χ0v) is 14.2. The Morgan fingerprint density at radius 3 is 2.48 bits per heavy atom. The molecule has 0 aliphatic heterocycles. The third-order valence-corrected chi connectivity index (χ3v) is 4.93. The summed E-state index contributed by atoms with van der Waals surface area (Å²) in [7, 11) is 0. The zero-order chi connectivity index (χ0) is 15.6. The molecule has 0 radical (unpaired) electrons. The van der Waals surface area contributed by atoms with Crippen LogP contribution in [0.3, 0.4) is 0 Å². The van der Waals surface area contributed by atoms with Crippen molar-refractivity contribution in [2.45, 2.75) is 78.0 Å². The minimum Gasteiger partial charge on any atom is -0.444 e. The molecule has 0 heterocycles. The summed E-state index contributed by atoms with van der Waals surface area (Å²) in [6.07, 6.45) is 5.38. The molecule has 4 nitrogen and oxygen atoms in total. The molecule has 0 aromatic rings. The topological polar surface area (TPSA) is 50.4 Å². The first-order valence-electron chi connectivity index (χ1n) is 8.47. The van der Waals surface area contributed by atoms with E-state index in [9.17, 15) is 4.79 Å². The van der Waals surface area contributed by atoms with Crippen molar-refractivity contribution in [1.29, 1.82) is 0 Å². The quantitative estimate of drug-likeness (QED) is 0.818. The van der Waals surface area contributed by atoms with E-state index in [2.05, 4.69) is 24.5 Å². The molecule has 1 amide bonds. The first-order chi connectivity index (χ1) is 9.74. The van der Waals surface area contributed by atoms with Crippen molar-refractivity contribution in [2.75, 3.05) is 6.54 Å². The summed E-state index contributed by atoms with van der Waals surface area (Å²) in [6, 6.07) is 0.808. The Morgan fingerprint density at radius 2 is 1.95 bits per heavy atom. The van der Waals surface area contributed by atoms with E-state index in [0.717, 1.165) is 17.8 Å². The van der Waals surface area contributed by atoms with Crippen molar-refractivity contribution >= 4 is 6.09 Å². The van der Waals surface area contributed by atoms with Crippen LogP contribution in [0.4, 0.5) is 4.79 Å². The van der Waals surface area contributed by atoms with Gasteiger partial charge in [0.05, 0.1) is 0 Å². The van der Waals surface area contributed by atoms with Gasteiger partial charge in [-0.15, -0.1) is 0 Å². The van der Waals surface area contributed by atoms with Crippen LogP contribution in [-0.2, 0) is 4.74 Å². The third-order valence-electron chi connectivity index (χ3n) is 4.93. The summed E-state index contributed by atoms with van der Waals surface area (Å²) in [5.74, 6) is 2.75. The van der Waals surface area contributed by atoms with Gasteiger partial charge in [0.15, 0.2) is 0 Å². The van der Waals surface area contributed by atoms with Gasteiger partial charge in [0, 0.05) is 18.6 Å². The molecule has 21 heavy (non-hydrogen) atoms. The van der Waals surface area contributed by atoms with Crippen LogP contribution in [0.1, 0.15) is 60.3 Å². The highest BCUT2D eigenvalue weighted by Crippen LogP contribution is 2.49. The lowest BCUT2D eigenvalue weighted by Gasteiger charge is -2.31. The Bertz CT molecular complexity index is 364. The molecule has 2 bridgehead atoms. The summed E-state index contributed by atoms with van der Waals surface area (Å²) in [6.45, 7) is 10.7. The van der Waals surface area contributed by atoms with Crippen molar-refractivity contribution in [3.63, 3.8) is 0 Å². The second-order valence-corrected chi connectivity index (χ2v) is 8.08. The van der Waals surface area contributed by atoms with Crippen LogP contribution < -0.4 is 10.6 Å². The Hall–Kier alpha value is -0.770. The first-order valence-corrected chi connectivity index (χ1v) is 8.47. The largest absolute Gasteiger partial charge is 0.444 e. The molecule has 122 valence electrons. The highest BCUT2D eigenvalue weighted by molar-refractivity contribution is 5.67. The monoisotopic (exact) mass is 296 g/mol. The fraction of sp³-hybridized carbons (Fsp3) is 0.941. The van der Waals surface area contributed by atoms with Crippen LogP contribution >= 0.6 is 0 Å². The highest BCUT2D eigenvalue weighted by atomic mass is 16.6. The molecule has 0 aromatic carbocycles. The van der Waals surface area contributed by atoms with E-state index in [0.29, 0.717) is 12.6 Å². The predicted octanol–water partition coefficient (Wildman–Crippen LogP) is 3.31. The number of alkyl carbamates (subject to hydrolysis) is 1. The van der Waals surface area contributed by atoms with Crippen LogP contribution in [-0.4, -0.2) is 30.3 Å². The SMILES string of the molecule is CC(CNC(=O)OC(C)(C)C)NC(C)C1CC2CCC1C2. The lowest BCUT2D eigenvalue weighted by Crippen LogP contribution is -2.47. The fourth-order valence-electron chi connectivity index (χ4n) is 4.09. The number of hydrogen-bond acceptors (Lipinski definition) is 3. The summed E-state index contributed by atoms with van der Waals surface area (Å²) in [5.41, 5.74) is -0.433. The van der Waals surface area contributed by atoms with Crippen molar-refractivity contribution in [3.8, 4) is 0 Å². The van der Waals surface area contributed by atoms with Crippen LogP contribution in [0, 0.1) is 17.8 Å².